The van der Waals surface area contributed by atoms with Crippen LogP contribution in [0, 0.1) is 19.8 Å². The van der Waals surface area contributed by atoms with Gasteiger partial charge in [0.2, 0.25) is 15.9 Å². The molecule has 0 unspecified atom stereocenters. The van der Waals surface area contributed by atoms with Crippen LogP contribution in [0.2, 0.25) is 0 Å². The lowest BCUT2D eigenvalue weighted by atomic mass is 9.96. The number of carbonyl (C=O) groups is 1. The molecule has 6 heteroatoms. The normalized spacial score (nSPS) is 13.7. The highest BCUT2D eigenvalue weighted by Crippen LogP contribution is 2.27. The van der Waals surface area contributed by atoms with Gasteiger partial charge in [0.25, 0.3) is 0 Å². The van der Waals surface area contributed by atoms with Crippen LogP contribution >= 0.6 is 0 Å². The van der Waals surface area contributed by atoms with E-state index >= 15 is 0 Å². The summed E-state index contributed by atoms with van der Waals surface area (Å²) in [7, 11) is -3.66. The summed E-state index contributed by atoms with van der Waals surface area (Å²) in [6.07, 6.45) is 2.30. The number of nitrogens with one attached hydrogen (secondary N) is 1. The SMILES string of the molecule is CC[C@H](C(=O)N[C@@H](CC(C)C)c1ccccc1)N(c1cc(C)cc(C)c1)S(C)(=O)=O. The fourth-order valence-electron chi connectivity index (χ4n) is 3.84. The van der Waals surface area contributed by atoms with Crippen molar-refractivity contribution in [3.63, 3.8) is 0 Å². The molecular weight excluding hydrogens is 396 g/mol. The third-order valence-electron chi connectivity index (χ3n) is 5.02. The first-order valence-corrected chi connectivity index (χ1v) is 12.3. The number of rotatable bonds is 9. The molecule has 5 nitrogen and oxygen atoms in total. The van der Waals surface area contributed by atoms with Gasteiger partial charge in [0.15, 0.2) is 0 Å². The quantitative estimate of drug-likeness (QED) is 0.624. The van der Waals surface area contributed by atoms with Crippen LogP contribution in [-0.2, 0) is 14.8 Å². The van der Waals surface area contributed by atoms with Crippen LogP contribution in [0.5, 0.6) is 0 Å². The number of aryl methyl sites for hydroxylation is 2. The van der Waals surface area contributed by atoms with Crippen molar-refractivity contribution in [1.29, 1.82) is 0 Å². The highest BCUT2D eigenvalue weighted by molar-refractivity contribution is 7.92. The summed E-state index contributed by atoms with van der Waals surface area (Å²) in [6.45, 7) is 9.90. The Morgan fingerprint density at radius 2 is 1.60 bits per heavy atom. The number of anilines is 1. The lowest BCUT2D eigenvalue weighted by Gasteiger charge is -2.32. The van der Waals surface area contributed by atoms with Crippen molar-refractivity contribution in [2.45, 2.75) is 59.5 Å². The van der Waals surface area contributed by atoms with Gasteiger partial charge < -0.3 is 5.32 Å². The molecule has 0 saturated carbocycles. The second kappa shape index (κ2) is 10.1. The number of benzene rings is 2. The van der Waals surface area contributed by atoms with Gasteiger partial charge in [0, 0.05) is 0 Å². The molecule has 0 spiro atoms. The van der Waals surface area contributed by atoms with Gasteiger partial charge in [-0.25, -0.2) is 8.42 Å². The lowest BCUT2D eigenvalue weighted by molar-refractivity contribution is -0.123. The summed E-state index contributed by atoms with van der Waals surface area (Å²) in [5.41, 5.74) is 3.45. The van der Waals surface area contributed by atoms with E-state index in [-0.39, 0.29) is 11.9 Å². The Balaban J connectivity index is 2.41. The van der Waals surface area contributed by atoms with Crippen molar-refractivity contribution < 1.29 is 13.2 Å². The molecule has 0 aliphatic carbocycles. The van der Waals surface area contributed by atoms with Crippen LogP contribution in [0.15, 0.2) is 48.5 Å². The first kappa shape index (κ1) is 23.9. The van der Waals surface area contributed by atoms with Gasteiger partial charge in [-0.05, 0) is 61.4 Å². The smallest absolute Gasteiger partial charge is 0.244 e. The van der Waals surface area contributed by atoms with Crippen molar-refractivity contribution >= 4 is 21.6 Å². The van der Waals surface area contributed by atoms with Gasteiger partial charge in [0.05, 0.1) is 18.0 Å². The number of amides is 1. The maximum Gasteiger partial charge on any atom is 0.244 e. The summed E-state index contributed by atoms with van der Waals surface area (Å²) in [6, 6.07) is 14.4. The zero-order chi connectivity index (χ0) is 22.5. The van der Waals surface area contributed by atoms with Crippen molar-refractivity contribution in [3.05, 3.63) is 65.2 Å². The molecule has 0 aliphatic rings. The van der Waals surface area contributed by atoms with Gasteiger partial charge >= 0.3 is 0 Å². The van der Waals surface area contributed by atoms with Crippen molar-refractivity contribution in [1.82, 2.24) is 5.32 Å². The van der Waals surface area contributed by atoms with Gasteiger partial charge in [-0.3, -0.25) is 9.10 Å². The monoisotopic (exact) mass is 430 g/mol. The fraction of sp³-hybridized carbons (Fsp3) is 0.458. The second-order valence-electron chi connectivity index (χ2n) is 8.43. The Kier molecular flexibility index (Phi) is 8.07. The average molecular weight is 431 g/mol. The topological polar surface area (TPSA) is 66.5 Å². The third kappa shape index (κ3) is 6.33. The predicted molar refractivity (Wildman–Crippen MR) is 124 cm³/mol. The maximum atomic E-state index is 13.4. The van der Waals surface area contributed by atoms with Crippen molar-refractivity contribution in [2.75, 3.05) is 10.6 Å². The third-order valence-corrected chi connectivity index (χ3v) is 6.20. The van der Waals surface area contributed by atoms with E-state index in [4.69, 9.17) is 0 Å². The van der Waals surface area contributed by atoms with E-state index in [1.165, 1.54) is 4.31 Å². The Bertz CT molecular complexity index is 935. The molecule has 30 heavy (non-hydrogen) atoms. The predicted octanol–water partition coefficient (Wildman–Crippen LogP) is 4.75. The highest BCUT2D eigenvalue weighted by Gasteiger charge is 2.33. The number of sulfonamides is 1. The van der Waals surface area contributed by atoms with E-state index in [1.807, 2.05) is 69.3 Å². The number of carbonyl (C=O) groups excluding carboxylic acids is 1. The van der Waals surface area contributed by atoms with Gasteiger partial charge in [-0.2, -0.15) is 0 Å². The minimum absolute atomic E-state index is 0.173. The molecule has 0 aliphatic heterocycles. The van der Waals surface area contributed by atoms with Crippen LogP contribution in [0.4, 0.5) is 5.69 Å². The Labute approximate surface area is 181 Å². The van der Waals surface area contributed by atoms with Gasteiger partial charge in [-0.1, -0.05) is 57.2 Å². The maximum absolute atomic E-state index is 13.4. The van der Waals surface area contributed by atoms with E-state index in [0.717, 1.165) is 29.4 Å². The minimum atomic E-state index is -3.66. The zero-order valence-electron chi connectivity index (χ0n) is 18.8. The second-order valence-corrected chi connectivity index (χ2v) is 10.3. The Hall–Kier alpha value is -2.34. The molecule has 2 aromatic carbocycles. The molecule has 2 aromatic rings. The summed E-state index contributed by atoms with van der Waals surface area (Å²) in [4.78, 5) is 13.4. The molecule has 0 bridgehead atoms. The highest BCUT2D eigenvalue weighted by atomic mass is 32.2. The van der Waals surface area contributed by atoms with E-state index < -0.39 is 16.1 Å². The van der Waals surface area contributed by atoms with E-state index in [1.54, 1.807) is 0 Å². The summed E-state index contributed by atoms with van der Waals surface area (Å²) in [5, 5.41) is 3.12. The first-order valence-electron chi connectivity index (χ1n) is 10.5. The standard InChI is InChI=1S/C24H34N2O3S/c1-7-23(26(30(6,28)29)21-15-18(4)14-19(5)16-21)24(27)25-22(13-17(2)3)20-11-9-8-10-12-20/h8-12,14-17,22-23H,7,13H2,1-6H3,(H,25,27)/t22-,23+/m0/s1. The van der Waals surface area contributed by atoms with Gasteiger partial charge in [0.1, 0.15) is 6.04 Å². The Morgan fingerprint density at radius 3 is 2.07 bits per heavy atom. The van der Waals surface area contributed by atoms with Gasteiger partial charge in [-0.15, -0.1) is 0 Å². The van der Waals surface area contributed by atoms with E-state index in [2.05, 4.69) is 19.2 Å². The number of hydrogen-bond acceptors (Lipinski definition) is 3. The number of nitrogens with zero attached hydrogens (tertiary/aromatic N) is 1. The molecule has 164 valence electrons. The largest absolute Gasteiger partial charge is 0.347 e. The van der Waals surface area contributed by atoms with Crippen LogP contribution in [0.3, 0.4) is 0 Å². The molecule has 1 N–H and O–H groups in total. The first-order chi connectivity index (χ1) is 14.0. The molecule has 2 atom stereocenters. The lowest BCUT2D eigenvalue weighted by Crippen LogP contribution is -2.50. The molecule has 0 heterocycles. The van der Waals surface area contributed by atoms with Crippen molar-refractivity contribution in [3.8, 4) is 0 Å². The number of hydrogen-bond donors (Lipinski definition) is 1. The molecule has 0 saturated heterocycles. The average Bonchev–Trinajstić information content (AvgIpc) is 2.63. The molecule has 2 rings (SSSR count). The minimum Gasteiger partial charge on any atom is -0.347 e. The molecular formula is C24H34N2O3S. The van der Waals surface area contributed by atoms with E-state index in [0.29, 0.717) is 18.0 Å². The van der Waals surface area contributed by atoms with Crippen molar-refractivity contribution in [2.24, 2.45) is 5.92 Å². The Morgan fingerprint density at radius 1 is 1.03 bits per heavy atom. The molecule has 0 radical (unpaired) electrons. The van der Waals surface area contributed by atoms with Crippen LogP contribution in [0.1, 0.15) is 56.3 Å². The van der Waals surface area contributed by atoms with Crippen LogP contribution < -0.4 is 9.62 Å². The van der Waals surface area contributed by atoms with Crippen LogP contribution in [-0.4, -0.2) is 26.6 Å². The molecule has 0 fully saturated rings. The summed E-state index contributed by atoms with van der Waals surface area (Å²) in [5.74, 6) is 0.0950. The summed E-state index contributed by atoms with van der Waals surface area (Å²) >= 11 is 0. The summed E-state index contributed by atoms with van der Waals surface area (Å²) < 4.78 is 26.7. The zero-order valence-corrected chi connectivity index (χ0v) is 19.7. The fourth-order valence-corrected chi connectivity index (χ4v) is 5.04. The molecule has 1 amide bonds. The van der Waals surface area contributed by atoms with Crippen LogP contribution in [0.25, 0.3) is 0 Å². The molecule has 0 aromatic heterocycles. The van der Waals surface area contributed by atoms with E-state index in [9.17, 15) is 13.2 Å².